The molecule has 3 rings (SSSR count). The molecule has 0 radical (unpaired) electrons. The average Bonchev–Trinajstić information content (AvgIpc) is 3.01. The van der Waals surface area contributed by atoms with E-state index in [1.165, 1.54) is 6.07 Å². The van der Waals surface area contributed by atoms with E-state index in [4.69, 9.17) is 0 Å². The number of rotatable bonds is 5. The standard InChI is InChI=1S/C19H18N4O3/c1-13-5-3-7-15(11-13)12-22-17(9-10-20-22)21-19(24)16-8-4-6-14(2)18(16)23(25)26/h3-11H,12H2,1-2H3,(H,21,24). The van der Waals surface area contributed by atoms with E-state index in [9.17, 15) is 14.9 Å². The molecule has 0 spiro atoms. The lowest BCUT2D eigenvalue weighted by atomic mass is 10.1. The maximum Gasteiger partial charge on any atom is 0.285 e. The summed E-state index contributed by atoms with van der Waals surface area (Å²) in [6, 6.07) is 14.3. The van der Waals surface area contributed by atoms with Crippen LogP contribution in [0.5, 0.6) is 0 Å². The summed E-state index contributed by atoms with van der Waals surface area (Å²) in [6.45, 7) is 4.10. The minimum absolute atomic E-state index is 0.0262. The maximum absolute atomic E-state index is 12.6. The zero-order valence-corrected chi connectivity index (χ0v) is 14.5. The fourth-order valence-electron chi connectivity index (χ4n) is 2.82. The molecule has 0 atom stereocenters. The Hall–Kier alpha value is -3.48. The molecule has 0 aliphatic carbocycles. The largest absolute Gasteiger partial charge is 0.307 e. The van der Waals surface area contributed by atoms with Gasteiger partial charge in [-0.25, -0.2) is 4.68 Å². The van der Waals surface area contributed by atoms with Crippen molar-refractivity contribution in [1.29, 1.82) is 0 Å². The smallest absolute Gasteiger partial charge is 0.285 e. The van der Waals surface area contributed by atoms with Crippen LogP contribution in [-0.2, 0) is 6.54 Å². The van der Waals surface area contributed by atoms with E-state index in [0.29, 0.717) is 17.9 Å². The number of aromatic nitrogens is 2. The fraction of sp³-hybridized carbons (Fsp3) is 0.158. The minimum Gasteiger partial charge on any atom is -0.307 e. The molecule has 1 N–H and O–H groups in total. The number of para-hydroxylation sites is 1. The molecular formula is C19H18N4O3. The summed E-state index contributed by atoms with van der Waals surface area (Å²) < 4.78 is 1.65. The Kier molecular flexibility index (Phi) is 4.79. The number of hydrogen-bond donors (Lipinski definition) is 1. The Bertz CT molecular complexity index is 978. The van der Waals surface area contributed by atoms with Crippen LogP contribution in [0.2, 0.25) is 0 Å². The Balaban J connectivity index is 1.85. The van der Waals surface area contributed by atoms with Crippen molar-refractivity contribution >= 4 is 17.4 Å². The van der Waals surface area contributed by atoms with E-state index in [0.717, 1.165) is 11.1 Å². The molecule has 3 aromatic rings. The predicted octanol–water partition coefficient (Wildman–Crippen LogP) is 3.71. The summed E-state index contributed by atoms with van der Waals surface area (Å²) in [4.78, 5) is 23.4. The molecule has 1 heterocycles. The highest BCUT2D eigenvalue weighted by Gasteiger charge is 2.23. The summed E-state index contributed by atoms with van der Waals surface area (Å²) in [6.07, 6.45) is 1.58. The van der Waals surface area contributed by atoms with Crippen molar-refractivity contribution < 1.29 is 9.72 Å². The minimum atomic E-state index is -0.536. The van der Waals surface area contributed by atoms with Gasteiger partial charge in [-0.05, 0) is 25.5 Å². The zero-order valence-electron chi connectivity index (χ0n) is 14.5. The van der Waals surface area contributed by atoms with E-state index in [1.807, 2.05) is 31.2 Å². The van der Waals surface area contributed by atoms with Crippen molar-refractivity contribution in [3.05, 3.63) is 87.1 Å². The topological polar surface area (TPSA) is 90.1 Å². The lowest BCUT2D eigenvalue weighted by Crippen LogP contribution is -2.18. The number of nitro groups is 1. The average molecular weight is 350 g/mol. The van der Waals surface area contributed by atoms with Crippen LogP contribution in [0, 0.1) is 24.0 Å². The van der Waals surface area contributed by atoms with Gasteiger partial charge < -0.3 is 5.32 Å². The predicted molar refractivity (Wildman–Crippen MR) is 98.3 cm³/mol. The molecule has 0 bridgehead atoms. The normalized spacial score (nSPS) is 10.5. The number of benzene rings is 2. The monoisotopic (exact) mass is 350 g/mol. The molecule has 0 aliphatic heterocycles. The maximum atomic E-state index is 12.6. The second kappa shape index (κ2) is 7.18. The summed E-state index contributed by atoms with van der Waals surface area (Å²) >= 11 is 0. The number of nitro benzene ring substituents is 1. The third kappa shape index (κ3) is 3.61. The molecule has 0 aliphatic rings. The first kappa shape index (κ1) is 17.3. The Morgan fingerprint density at radius 1 is 1.19 bits per heavy atom. The van der Waals surface area contributed by atoms with Gasteiger partial charge in [-0.1, -0.05) is 42.0 Å². The molecule has 2 aromatic carbocycles. The Morgan fingerprint density at radius 2 is 1.96 bits per heavy atom. The number of carbonyl (C=O) groups excluding carboxylic acids is 1. The highest BCUT2D eigenvalue weighted by Crippen LogP contribution is 2.24. The van der Waals surface area contributed by atoms with Crippen molar-refractivity contribution in [2.45, 2.75) is 20.4 Å². The lowest BCUT2D eigenvalue weighted by molar-refractivity contribution is -0.385. The number of amides is 1. The van der Waals surface area contributed by atoms with Gasteiger partial charge in [0.25, 0.3) is 11.6 Å². The van der Waals surface area contributed by atoms with Crippen molar-refractivity contribution in [1.82, 2.24) is 9.78 Å². The number of aryl methyl sites for hydroxylation is 2. The van der Waals surface area contributed by atoms with Crippen LogP contribution < -0.4 is 5.32 Å². The van der Waals surface area contributed by atoms with Gasteiger partial charge in [0.15, 0.2) is 0 Å². The van der Waals surface area contributed by atoms with E-state index < -0.39 is 10.8 Å². The molecular weight excluding hydrogens is 332 g/mol. The van der Waals surface area contributed by atoms with Crippen LogP contribution >= 0.6 is 0 Å². The van der Waals surface area contributed by atoms with Crippen LogP contribution in [-0.4, -0.2) is 20.6 Å². The summed E-state index contributed by atoms with van der Waals surface area (Å²) in [7, 11) is 0. The van der Waals surface area contributed by atoms with Gasteiger partial charge in [0.1, 0.15) is 11.4 Å². The van der Waals surface area contributed by atoms with Crippen LogP contribution in [0.25, 0.3) is 0 Å². The molecule has 26 heavy (non-hydrogen) atoms. The zero-order chi connectivity index (χ0) is 18.7. The summed E-state index contributed by atoms with van der Waals surface area (Å²) in [5.74, 6) is -0.0568. The fourth-order valence-corrected chi connectivity index (χ4v) is 2.82. The highest BCUT2D eigenvalue weighted by atomic mass is 16.6. The van der Waals surface area contributed by atoms with Crippen LogP contribution in [0.4, 0.5) is 11.5 Å². The van der Waals surface area contributed by atoms with Crippen LogP contribution in [0.15, 0.2) is 54.7 Å². The summed E-state index contributed by atoms with van der Waals surface area (Å²) in [5, 5.41) is 18.2. The third-order valence-electron chi connectivity index (χ3n) is 4.04. The van der Waals surface area contributed by atoms with Gasteiger partial charge in [-0.15, -0.1) is 0 Å². The number of hydrogen-bond acceptors (Lipinski definition) is 4. The van der Waals surface area contributed by atoms with Crippen molar-refractivity contribution in [2.75, 3.05) is 5.32 Å². The molecule has 7 nitrogen and oxygen atoms in total. The van der Waals surface area contributed by atoms with E-state index >= 15 is 0 Å². The molecule has 0 saturated heterocycles. The Morgan fingerprint density at radius 3 is 2.69 bits per heavy atom. The summed E-state index contributed by atoms with van der Waals surface area (Å²) in [5.41, 5.74) is 2.46. The van der Waals surface area contributed by atoms with E-state index in [2.05, 4.69) is 10.4 Å². The molecule has 1 amide bonds. The number of nitrogens with one attached hydrogen (secondary N) is 1. The van der Waals surface area contributed by atoms with Crippen LogP contribution in [0.3, 0.4) is 0 Å². The van der Waals surface area contributed by atoms with Crippen molar-refractivity contribution in [3.8, 4) is 0 Å². The van der Waals surface area contributed by atoms with Crippen LogP contribution in [0.1, 0.15) is 27.0 Å². The van der Waals surface area contributed by atoms with Crippen molar-refractivity contribution in [3.63, 3.8) is 0 Å². The number of carbonyl (C=O) groups is 1. The number of anilines is 1. The quantitative estimate of drug-likeness (QED) is 0.561. The van der Waals surface area contributed by atoms with E-state index in [1.54, 1.807) is 36.0 Å². The molecule has 7 heteroatoms. The first-order valence-electron chi connectivity index (χ1n) is 8.08. The van der Waals surface area contributed by atoms with Gasteiger partial charge >= 0.3 is 0 Å². The van der Waals surface area contributed by atoms with Gasteiger partial charge in [-0.2, -0.15) is 5.10 Å². The van der Waals surface area contributed by atoms with Gasteiger partial charge in [0.2, 0.25) is 0 Å². The third-order valence-corrected chi connectivity index (χ3v) is 4.04. The molecule has 0 saturated carbocycles. The molecule has 1 aromatic heterocycles. The van der Waals surface area contributed by atoms with Gasteiger partial charge in [0.05, 0.1) is 17.7 Å². The second-order valence-corrected chi connectivity index (χ2v) is 6.05. The molecule has 132 valence electrons. The Labute approximate surface area is 150 Å². The van der Waals surface area contributed by atoms with Gasteiger partial charge in [0, 0.05) is 11.6 Å². The SMILES string of the molecule is Cc1cccc(Cn2nccc2NC(=O)c2cccc(C)c2[N+](=O)[O-])c1. The number of nitrogens with zero attached hydrogens (tertiary/aromatic N) is 3. The van der Waals surface area contributed by atoms with E-state index in [-0.39, 0.29) is 11.3 Å². The van der Waals surface area contributed by atoms with Gasteiger partial charge in [-0.3, -0.25) is 14.9 Å². The molecule has 0 unspecified atom stereocenters. The molecule has 0 fully saturated rings. The first-order valence-corrected chi connectivity index (χ1v) is 8.08. The highest BCUT2D eigenvalue weighted by molar-refractivity contribution is 6.07. The second-order valence-electron chi connectivity index (χ2n) is 6.05. The van der Waals surface area contributed by atoms with Crippen molar-refractivity contribution in [2.24, 2.45) is 0 Å². The first-order chi connectivity index (χ1) is 12.5. The lowest BCUT2D eigenvalue weighted by Gasteiger charge is -2.10.